The van der Waals surface area contributed by atoms with Crippen molar-refractivity contribution in [1.29, 1.82) is 0 Å². The molecule has 2 aromatic carbocycles. The molecule has 10 heteroatoms. The minimum Gasteiger partial charge on any atom is -0.365 e. The first-order valence-electron chi connectivity index (χ1n) is 10.7. The van der Waals surface area contributed by atoms with Crippen LogP contribution in [0, 0.1) is 17.6 Å². The molecule has 0 aliphatic carbocycles. The van der Waals surface area contributed by atoms with Gasteiger partial charge in [0, 0.05) is 28.9 Å². The molecule has 0 aromatic heterocycles. The van der Waals surface area contributed by atoms with Crippen molar-refractivity contribution in [2.75, 3.05) is 12.4 Å². The van der Waals surface area contributed by atoms with Gasteiger partial charge in [-0.2, -0.15) is 0 Å². The van der Waals surface area contributed by atoms with E-state index in [1.54, 1.807) is 37.3 Å². The maximum Gasteiger partial charge on any atom is 0.257 e. The lowest BCUT2D eigenvalue weighted by Crippen LogP contribution is -2.54. The molecule has 2 amide bonds. The van der Waals surface area contributed by atoms with E-state index in [9.17, 15) is 23.2 Å². The van der Waals surface area contributed by atoms with Crippen molar-refractivity contribution in [3.63, 3.8) is 0 Å². The standard InChI is InChI=1S/C24H23F2N3O4S/c1-14(11-30)27-22(32)20-9-16-12-34-23(28-21(31)15-5-3-2-4-6-15)29-24(16,13-33-20)18-8-7-17(25)10-19(18)26/h2-8,10-11,14,16,20H,9,12-13H2,1H3,(H,27,32)(H,28,29,31)/t14?,16-,20+,24-/m0/s1. The Bertz CT molecular complexity index is 1130. The first-order valence-corrected chi connectivity index (χ1v) is 11.7. The largest absolute Gasteiger partial charge is 0.365 e. The van der Waals surface area contributed by atoms with Crippen LogP contribution in [0.5, 0.6) is 0 Å². The van der Waals surface area contributed by atoms with Crippen molar-refractivity contribution >= 4 is 35.0 Å². The molecule has 34 heavy (non-hydrogen) atoms. The van der Waals surface area contributed by atoms with Gasteiger partial charge in [0.2, 0.25) is 5.91 Å². The summed E-state index contributed by atoms with van der Waals surface area (Å²) in [6.45, 7) is 1.40. The van der Waals surface area contributed by atoms with Gasteiger partial charge in [-0.15, -0.1) is 0 Å². The fraction of sp³-hybridized carbons (Fsp3) is 0.333. The van der Waals surface area contributed by atoms with E-state index in [-0.39, 0.29) is 35.6 Å². The van der Waals surface area contributed by atoms with E-state index in [4.69, 9.17) is 9.73 Å². The number of hydrogen-bond acceptors (Lipinski definition) is 6. The van der Waals surface area contributed by atoms with E-state index in [0.29, 0.717) is 17.6 Å². The van der Waals surface area contributed by atoms with Crippen LogP contribution in [0.15, 0.2) is 53.5 Å². The maximum absolute atomic E-state index is 15.0. The third kappa shape index (κ3) is 4.88. The number of thioether (sulfide) groups is 1. The first kappa shape index (κ1) is 24.0. The lowest BCUT2D eigenvalue weighted by Gasteiger charge is -2.46. The molecule has 1 unspecified atom stereocenters. The van der Waals surface area contributed by atoms with Gasteiger partial charge in [0.1, 0.15) is 29.6 Å². The van der Waals surface area contributed by atoms with E-state index in [0.717, 1.165) is 12.1 Å². The highest BCUT2D eigenvalue weighted by Crippen LogP contribution is 2.47. The van der Waals surface area contributed by atoms with E-state index in [1.165, 1.54) is 17.8 Å². The second-order valence-corrected chi connectivity index (χ2v) is 9.27. The Hall–Kier alpha value is -3.11. The van der Waals surface area contributed by atoms with Gasteiger partial charge in [0.25, 0.3) is 5.91 Å². The average Bonchev–Trinajstić information content (AvgIpc) is 2.83. The van der Waals surface area contributed by atoms with Crippen LogP contribution < -0.4 is 10.6 Å². The number of halogens is 2. The zero-order valence-corrected chi connectivity index (χ0v) is 19.1. The Morgan fingerprint density at radius 3 is 2.71 bits per heavy atom. The van der Waals surface area contributed by atoms with Crippen molar-refractivity contribution in [2.24, 2.45) is 10.9 Å². The zero-order valence-electron chi connectivity index (χ0n) is 18.3. The Morgan fingerprint density at radius 2 is 2.00 bits per heavy atom. The number of aliphatic imine (C=N–C) groups is 1. The highest BCUT2D eigenvalue weighted by atomic mass is 32.2. The molecular weight excluding hydrogens is 464 g/mol. The average molecular weight is 488 g/mol. The molecule has 1 fully saturated rings. The molecule has 7 nitrogen and oxygen atoms in total. The molecule has 0 bridgehead atoms. The van der Waals surface area contributed by atoms with Crippen molar-refractivity contribution in [3.05, 3.63) is 71.3 Å². The molecule has 2 N–H and O–H groups in total. The van der Waals surface area contributed by atoms with E-state index in [2.05, 4.69) is 10.6 Å². The van der Waals surface area contributed by atoms with E-state index >= 15 is 0 Å². The van der Waals surface area contributed by atoms with Crippen LogP contribution >= 0.6 is 11.8 Å². The van der Waals surface area contributed by atoms with Crippen LogP contribution in [-0.2, 0) is 19.9 Å². The highest BCUT2D eigenvalue weighted by Gasteiger charge is 2.51. The van der Waals surface area contributed by atoms with Crippen LogP contribution in [-0.4, -0.2) is 47.8 Å². The summed E-state index contributed by atoms with van der Waals surface area (Å²) < 4.78 is 34.4. The number of hydrogen-bond donors (Lipinski definition) is 2. The molecule has 4 atom stereocenters. The number of fused-ring (bicyclic) bond motifs is 1. The van der Waals surface area contributed by atoms with Crippen molar-refractivity contribution in [3.8, 4) is 0 Å². The summed E-state index contributed by atoms with van der Waals surface area (Å²) in [5.74, 6) is -2.23. The summed E-state index contributed by atoms with van der Waals surface area (Å²) in [7, 11) is 0. The summed E-state index contributed by atoms with van der Waals surface area (Å²) >= 11 is 1.28. The van der Waals surface area contributed by atoms with Crippen LogP contribution in [0.25, 0.3) is 0 Å². The van der Waals surface area contributed by atoms with Crippen LogP contribution in [0.3, 0.4) is 0 Å². The normalized spacial score (nSPS) is 24.9. The highest BCUT2D eigenvalue weighted by molar-refractivity contribution is 8.13. The fourth-order valence-electron chi connectivity index (χ4n) is 4.14. The number of nitrogens with zero attached hydrogens (tertiary/aromatic N) is 1. The van der Waals surface area contributed by atoms with Gasteiger partial charge in [0.05, 0.1) is 12.6 Å². The minimum atomic E-state index is -1.25. The summed E-state index contributed by atoms with van der Waals surface area (Å²) in [5, 5.41) is 5.62. The van der Waals surface area contributed by atoms with Crippen molar-refractivity contribution < 1.29 is 27.9 Å². The third-order valence-electron chi connectivity index (χ3n) is 5.92. The summed E-state index contributed by atoms with van der Waals surface area (Å²) in [5.41, 5.74) is -0.684. The molecule has 178 valence electrons. The van der Waals surface area contributed by atoms with Crippen LogP contribution in [0.4, 0.5) is 8.78 Å². The molecule has 0 saturated carbocycles. The van der Waals surface area contributed by atoms with Gasteiger partial charge in [0.15, 0.2) is 5.17 Å². The summed E-state index contributed by atoms with van der Waals surface area (Å²) in [6.07, 6.45) is -0.0216. The number of nitrogens with one attached hydrogen (secondary N) is 2. The van der Waals surface area contributed by atoms with Crippen molar-refractivity contribution in [2.45, 2.75) is 31.0 Å². The molecule has 2 heterocycles. The van der Waals surface area contributed by atoms with Gasteiger partial charge in [-0.1, -0.05) is 36.0 Å². The molecular formula is C24H23F2N3O4S. The minimum absolute atomic E-state index is 0.130. The Morgan fingerprint density at radius 1 is 1.24 bits per heavy atom. The number of carbonyl (C=O) groups excluding carboxylic acids is 3. The van der Waals surface area contributed by atoms with Gasteiger partial charge < -0.3 is 20.2 Å². The molecule has 2 aliphatic heterocycles. The predicted octanol–water partition coefficient (Wildman–Crippen LogP) is 2.80. The molecule has 0 radical (unpaired) electrons. The number of rotatable bonds is 5. The Kier molecular flexibility index (Phi) is 7.08. The number of amides is 2. The smallest absolute Gasteiger partial charge is 0.257 e. The molecule has 0 spiro atoms. The number of benzene rings is 2. The summed E-state index contributed by atoms with van der Waals surface area (Å²) in [4.78, 5) is 40.8. The molecule has 2 aliphatic rings. The van der Waals surface area contributed by atoms with Gasteiger partial charge >= 0.3 is 0 Å². The fourth-order valence-corrected chi connectivity index (χ4v) is 5.31. The molecule has 1 saturated heterocycles. The number of aldehydes is 1. The van der Waals surface area contributed by atoms with Gasteiger partial charge in [-0.3, -0.25) is 9.59 Å². The SMILES string of the molecule is CC(C=O)NC(=O)[C@H]1C[C@H]2CSC(NC(=O)c3ccccc3)=N[C@@]2(c2ccc(F)cc2F)CO1. The van der Waals surface area contributed by atoms with Crippen LogP contribution in [0.2, 0.25) is 0 Å². The number of carbonyl (C=O) groups is 3. The quantitative estimate of drug-likeness (QED) is 0.633. The molecule has 4 rings (SSSR count). The Balaban J connectivity index is 1.65. The number of ether oxygens (including phenoxy) is 1. The lowest BCUT2D eigenvalue weighted by molar-refractivity contribution is -0.143. The Labute approximate surface area is 199 Å². The molecule has 2 aromatic rings. The lowest BCUT2D eigenvalue weighted by atomic mass is 9.75. The van der Waals surface area contributed by atoms with Gasteiger partial charge in [-0.05, 0) is 31.5 Å². The monoisotopic (exact) mass is 487 g/mol. The number of amidine groups is 1. The third-order valence-corrected chi connectivity index (χ3v) is 6.96. The van der Waals surface area contributed by atoms with E-state index < -0.39 is 35.2 Å². The first-order chi connectivity index (χ1) is 16.3. The zero-order chi connectivity index (χ0) is 24.3. The maximum atomic E-state index is 15.0. The van der Waals surface area contributed by atoms with Crippen LogP contribution in [0.1, 0.15) is 29.3 Å². The van der Waals surface area contributed by atoms with Crippen molar-refractivity contribution in [1.82, 2.24) is 10.6 Å². The summed E-state index contributed by atoms with van der Waals surface area (Å²) in [6, 6.07) is 11.2. The predicted molar refractivity (Wildman–Crippen MR) is 123 cm³/mol. The topological polar surface area (TPSA) is 96.9 Å². The van der Waals surface area contributed by atoms with Gasteiger partial charge in [-0.25, -0.2) is 13.8 Å². The second kappa shape index (κ2) is 10.0. The van der Waals surface area contributed by atoms with E-state index in [1.807, 2.05) is 0 Å². The second-order valence-electron chi connectivity index (χ2n) is 8.26.